The molecule has 1 atom stereocenters. The first-order valence-corrected chi connectivity index (χ1v) is 8.83. The maximum absolute atomic E-state index is 14.8. The number of hydrogen-bond donors (Lipinski definition) is 2. The zero-order valence-corrected chi connectivity index (χ0v) is 16.3. The van der Waals surface area contributed by atoms with Crippen molar-refractivity contribution in [1.82, 2.24) is 4.90 Å². The van der Waals surface area contributed by atoms with Gasteiger partial charge >= 0.3 is 0 Å². The number of nitrogens with one attached hydrogen (secondary N) is 1. The van der Waals surface area contributed by atoms with Gasteiger partial charge in [-0.05, 0) is 58.0 Å². The molecule has 6 heteroatoms. The van der Waals surface area contributed by atoms with Crippen LogP contribution in [-0.2, 0) is 10.3 Å². The highest BCUT2D eigenvalue weighted by atomic mass is 19.1. The lowest BCUT2D eigenvalue weighted by atomic mass is 9.67. The number of guanidine groups is 1. The van der Waals surface area contributed by atoms with Crippen molar-refractivity contribution in [2.24, 2.45) is 16.1 Å². The van der Waals surface area contributed by atoms with E-state index in [0.717, 1.165) is 11.3 Å². The van der Waals surface area contributed by atoms with Gasteiger partial charge in [-0.25, -0.2) is 9.38 Å². The summed E-state index contributed by atoms with van der Waals surface area (Å²) in [4.78, 5) is 18.6. The number of aryl methyl sites for hydroxylation is 1. The molecule has 2 aromatic carbocycles. The van der Waals surface area contributed by atoms with Crippen molar-refractivity contribution in [3.05, 3.63) is 59.4 Å². The van der Waals surface area contributed by atoms with Crippen molar-refractivity contribution in [2.45, 2.75) is 33.2 Å². The maximum Gasteiger partial charge on any atom is 0.237 e. The minimum Gasteiger partial charge on any atom is -0.369 e. The summed E-state index contributed by atoms with van der Waals surface area (Å²) in [5.74, 6) is -0.541. The molecule has 3 rings (SSSR count). The molecule has 1 heterocycles. The van der Waals surface area contributed by atoms with Crippen LogP contribution in [0.2, 0.25) is 0 Å². The first-order chi connectivity index (χ1) is 12.6. The molecule has 0 spiro atoms. The second kappa shape index (κ2) is 6.37. The fourth-order valence-electron chi connectivity index (χ4n) is 3.35. The van der Waals surface area contributed by atoms with E-state index >= 15 is 0 Å². The van der Waals surface area contributed by atoms with Crippen LogP contribution in [0.15, 0.2) is 47.5 Å². The summed E-state index contributed by atoms with van der Waals surface area (Å²) in [6.45, 7) is 7.30. The molecular formula is C21H25FN4O. The Balaban J connectivity index is 2.08. The molecule has 142 valence electrons. The fourth-order valence-corrected chi connectivity index (χ4v) is 3.35. The van der Waals surface area contributed by atoms with Crippen LogP contribution in [0, 0.1) is 18.2 Å². The Morgan fingerprint density at radius 2 is 1.67 bits per heavy atom. The number of halogens is 1. The van der Waals surface area contributed by atoms with E-state index < -0.39 is 16.8 Å². The number of amides is 1. The monoisotopic (exact) mass is 368 g/mol. The van der Waals surface area contributed by atoms with Gasteiger partial charge in [0.1, 0.15) is 11.4 Å². The van der Waals surface area contributed by atoms with E-state index in [1.165, 1.54) is 11.0 Å². The molecule has 27 heavy (non-hydrogen) atoms. The lowest BCUT2D eigenvalue weighted by Gasteiger charge is -2.46. The van der Waals surface area contributed by atoms with Crippen LogP contribution in [-0.4, -0.2) is 23.8 Å². The molecule has 1 aliphatic heterocycles. The highest BCUT2D eigenvalue weighted by Crippen LogP contribution is 2.47. The van der Waals surface area contributed by atoms with Gasteiger partial charge < -0.3 is 11.1 Å². The Labute approximate surface area is 159 Å². The number of rotatable bonds is 3. The molecule has 0 saturated carbocycles. The number of nitrogens with two attached hydrogens (primary N) is 1. The van der Waals surface area contributed by atoms with E-state index in [0.29, 0.717) is 11.3 Å². The number of carbonyl (C=O) groups excluding carboxylic acids is 1. The van der Waals surface area contributed by atoms with Crippen molar-refractivity contribution >= 4 is 23.2 Å². The zero-order valence-electron chi connectivity index (χ0n) is 16.3. The number of anilines is 2. The van der Waals surface area contributed by atoms with Gasteiger partial charge in [0.15, 0.2) is 5.96 Å². The Bertz CT molecular complexity index is 920. The van der Waals surface area contributed by atoms with E-state index in [4.69, 9.17) is 5.73 Å². The Kier molecular flexibility index (Phi) is 4.46. The standard InChI is InChI=1S/C21H25FN4O/c1-13-6-8-14(9-7-13)24-15-10-11-17(22)16(12-15)21(4)20(2,3)18(27)26(5)19(23)25-21/h6-12,24H,1-5H3,(H2,23,25). The number of nitrogens with zero attached hydrogens (tertiary/aromatic N) is 2. The van der Waals surface area contributed by atoms with Crippen molar-refractivity contribution in [2.75, 3.05) is 12.4 Å². The third-order valence-electron chi connectivity index (χ3n) is 5.57. The van der Waals surface area contributed by atoms with E-state index in [1.807, 2.05) is 31.2 Å². The normalized spacial score (nSPS) is 21.8. The first kappa shape index (κ1) is 18.9. The van der Waals surface area contributed by atoms with Gasteiger partial charge in [0, 0.05) is 24.0 Å². The number of hydrogen-bond acceptors (Lipinski definition) is 4. The Hall–Kier alpha value is -2.89. The van der Waals surface area contributed by atoms with E-state index in [1.54, 1.807) is 40.0 Å². The summed E-state index contributed by atoms with van der Waals surface area (Å²) in [5, 5.41) is 3.27. The summed E-state index contributed by atoms with van der Waals surface area (Å²) >= 11 is 0. The summed E-state index contributed by atoms with van der Waals surface area (Å²) in [6, 6.07) is 12.7. The second-order valence-electron chi connectivity index (χ2n) is 7.72. The second-order valence-corrected chi connectivity index (χ2v) is 7.72. The van der Waals surface area contributed by atoms with Gasteiger partial charge in [-0.1, -0.05) is 17.7 Å². The smallest absolute Gasteiger partial charge is 0.237 e. The lowest BCUT2D eigenvalue weighted by molar-refractivity contribution is -0.140. The van der Waals surface area contributed by atoms with Gasteiger partial charge in [0.25, 0.3) is 0 Å². The number of carbonyl (C=O) groups is 1. The molecule has 1 aliphatic rings. The summed E-state index contributed by atoms with van der Waals surface area (Å²) in [5.41, 5.74) is 6.95. The van der Waals surface area contributed by atoms with E-state index in [9.17, 15) is 9.18 Å². The average Bonchev–Trinajstić information content (AvgIpc) is 2.62. The fraction of sp³-hybridized carbons (Fsp3) is 0.333. The van der Waals surface area contributed by atoms with Crippen molar-refractivity contribution in [3.8, 4) is 0 Å². The molecule has 3 N–H and O–H groups in total. The van der Waals surface area contributed by atoms with Crippen LogP contribution < -0.4 is 11.1 Å². The van der Waals surface area contributed by atoms with Crippen molar-refractivity contribution in [1.29, 1.82) is 0 Å². The molecule has 0 saturated heterocycles. The third-order valence-corrected chi connectivity index (χ3v) is 5.57. The SMILES string of the molecule is Cc1ccc(Nc2ccc(F)c(C3(C)N=C(N)N(C)C(=O)C3(C)C)c2)cc1. The summed E-state index contributed by atoms with van der Waals surface area (Å²) in [7, 11) is 1.58. The topological polar surface area (TPSA) is 70.7 Å². The maximum atomic E-state index is 14.8. The molecule has 1 unspecified atom stereocenters. The minimum absolute atomic E-state index is 0.0816. The number of aliphatic imine (C=N–C) groups is 1. The van der Waals surface area contributed by atoms with Crippen LogP contribution >= 0.6 is 0 Å². The van der Waals surface area contributed by atoms with Crippen LogP contribution in [0.25, 0.3) is 0 Å². The first-order valence-electron chi connectivity index (χ1n) is 8.83. The lowest BCUT2D eigenvalue weighted by Crippen LogP contribution is -2.58. The molecule has 0 aliphatic carbocycles. The molecule has 1 amide bonds. The highest BCUT2D eigenvalue weighted by molar-refractivity contribution is 6.01. The van der Waals surface area contributed by atoms with Gasteiger partial charge in [0.05, 0.1) is 5.41 Å². The van der Waals surface area contributed by atoms with Crippen molar-refractivity contribution in [3.63, 3.8) is 0 Å². The molecule has 5 nitrogen and oxygen atoms in total. The predicted octanol–water partition coefficient (Wildman–Crippen LogP) is 3.91. The number of benzene rings is 2. The zero-order chi connectivity index (χ0) is 20.0. The molecule has 0 bridgehead atoms. The van der Waals surface area contributed by atoms with E-state index in [-0.39, 0.29) is 11.9 Å². The molecule has 0 aromatic heterocycles. The van der Waals surface area contributed by atoms with Gasteiger partial charge in [0.2, 0.25) is 5.91 Å². The largest absolute Gasteiger partial charge is 0.369 e. The van der Waals surface area contributed by atoms with Gasteiger partial charge in [-0.2, -0.15) is 0 Å². The molecular weight excluding hydrogens is 343 g/mol. The highest BCUT2D eigenvalue weighted by Gasteiger charge is 2.53. The molecule has 0 radical (unpaired) electrons. The summed E-state index contributed by atoms with van der Waals surface area (Å²) in [6.07, 6.45) is 0. The van der Waals surface area contributed by atoms with Gasteiger partial charge in [-0.15, -0.1) is 0 Å². The molecule has 2 aromatic rings. The van der Waals surface area contributed by atoms with Crippen LogP contribution in [0.5, 0.6) is 0 Å². The third kappa shape index (κ3) is 3.05. The minimum atomic E-state index is -1.13. The van der Waals surface area contributed by atoms with Crippen LogP contribution in [0.3, 0.4) is 0 Å². The average molecular weight is 368 g/mol. The van der Waals surface area contributed by atoms with Gasteiger partial charge in [-0.3, -0.25) is 9.69 Å². The Morgan fingerprint density at radius 1 is 1.07 bits per heavy atom. The quantitative estimate of drug-likeness (QED) is 0.863. The van der Waals surface area contributed by atoms with Crippen LogP contribution in [0.4, 0.5) is 15.8 Å². The van der Waals surface area contributed by atoms with Crippen molar-refractivity contribution < 1.29 is 9.18 Å². The van der Waals surface area contributed by atoms with E-state index in [2.05, 4.69) is 10.3 Å². The van der Waals surface area contributed by atoms with Crippen LogP contribution in [0.1, 0.15) is 31.9 Å². The summed E-state index contributed by atoms with van der Waals surface area (Å²) < 4.78 is 14.8. The predicted molar refractivity (Wildman–Crippen MR) is 106 cm³/mol. The molecule has 0 fully saturated rings. The Morgan fingerprint density at radius 3 is 2.30 bits per heavy atom.